The number of aromatic nitrogens is 6. The highest BCUT2D eigenvalue weighted by Crippen LogP contribution is 2.34. The molecule has 5 heterocycles. The molecule has 3 N–H and O–H groups in total. The molecule has 6 rings (SSSR count). The minimum absolute atomic E-state index is 0.203. The quantitative estimate of drug-likeness (QED) is 0.259. The number of hydrogen-bond donors (Lipinski definition) is 3. The van der Waals surface area contributed by atoms with Crippen LogP contribution in [0, 0.1) is 5.82 Å². The molecule has 3 aromatic heterocycles. The largest absolute Gasteiger partial charge is 0.465 e. The lowest BCUT2D eigenvalue weighted by atomic mass is 10.1. The van der Waals surface area contributed by atoms with Crippen LogP contribution < -0.4 is 0 Å². The second kappa shape index (κ2) is 11.1. The molecule has 2 fully saturated rings. The van der Waals surface area contributed by atoms with E-state index in [4.69, 9.17) is 4.74 Å². The number of imidazole rings is 2. The fourth-order valence-corrected chi connectivity index (χ4v) is 5.65. The number of amides is 2. The normalized spacial score (nSPS) is 18.8. The summed E-state index contributed by atoms with van der Waals surface area (Å²) >= 11 is 0. The van der Waals surface area contributed by atoms with Gasteiger partial charge in [0.2, 0.25) is 0 Å². The first kappa shape index (κ1) is 28.3. The van der Waals surface area contributed by atoms with E-state index < -0.39 is 17.5 Å². The van der Waals surface area contributed by atoms with Crippen molar-refractivity contribution in [3.8, 4) is 33.9 Å². The second-order valence-electron chi connectivity index (χ2n) is 11.8. The predicted octanol–water partition coefficient (Wildman–Crippen LogP) is 5.95. The van der Waals surface area contributed by atoms with Gasteiger partial charge in [-0.2, -0.15) is 0 Å². The van der Waals surface area contributed by atoms with Crippen LogP contribution in [0.15, 0.2) is 43.0 Å². The van der Waals surface area contributed by atoms with Crippen molar-refractivity contribution in [2.24, 2.45) is 0 Å². The van der Waals surface area contributed by atoms with E-state index in [1.165, 1.54) is 17.2 Å². The van der Waals surface area contributed by atoms with Crippen LogP contribution in [0.2, 0.25) is 0 Å². The van der Waals surface area contributed by atoms with Crippen molar-refractivity contribution in [3.63, 3.8) is 0 Å². The monoisotopic (exact) mass is 588 g/mol. The molecule has 13 heteroatoms. The SMILES string of the molecule is CC(C)(C)OC(=O)N1CCC[C@H]1c1ncc(-c2cnc(-c3ccc(-c4cnc([C@@H]5CCCN5C(=O)O)[nH]4)c(F)c3)nc2)[nH]1. The molecule has 1 aromatic carbocycles. The number of carboxylic acid groups (broad SMARTS) is 1. The fraction of sp³-hybridized carbons (Fsp3) is 0.400. The van der Waals surface area contributed by atoms with Gasteiger partial charge in [0.05, 0.1) is 35.9 Å². The summed E-state index contributed by atoms with van der Waals surface area (Å²) in [6.07, 6.45) is 8.21. The van der Waals surface area contributed by atoms with Gasteiger partial charge in [-0.05, 0) is 58.6 Å². The molecule has 2 atom stereocenters. The molecule has 4 aromatic rings. The number of carbonyl (C=O) groups is 2. The summed E-state index contributed by atoms with van der Waals surface area (Å²) in [5.74, 6) is 1.05. The average molecular weight is 589 g/mol. The molecule has 43 heavy (non-hydrogen) atoms. The zero-order valence-electron chi connectivity index (χ0n) is 24.2. The van der Waals surface area contributed by atoms with Gasteiger partial charge in [0.25, 0.3) is 0 Å². The van der Waals surface area contributed by atoms with E-state index in [1.807, 2.05) is 20.8 Å². The van der Waals surface area contributed by atoms with Gasteiger partial charge in [0, 0.05) is 42.2 Å². The third kappa shape index (κ3) is 5.79. The van der Waals surface area contributed by atoms with Crippen LogP contribution in [0.5, 0.6) is 0 Å². The van der Waals surface area contributed by atoms with Crippen LogP contribution >= 0.6 is 0 Å². The number of likely N-dealkylation sites (tertiary alicyclic amines) is 2. The van der Waals surface area contributed by atoms with Gasteiger partial charge >= 0.3 is 12.2 Å². The lowest BCUT2D eigenvalue weighted by Crippen LogP contribution is -2.36. The number of benzene rings is 1. The Kier molecular flexibility index (Phi) is 7.32. The number of aromatic amines is 2. The number of nitrogens with one attached hydrogen (secondary N) is 2. The molecule has 2 amide bonds. The predicted molar refractivity (Wildman–Crippen MR) is 154 cm³/mol. The van der Waals surface area contributed by atoms with Gasteiger partial charge in [-0.3, -0.25) is 9.80 Å². The standard InChI is InChI=1S/C30H33FN8O4/c1-30(2,3)43-29(42)39-11-5-7-24(39)27-34-15-21(36-27)18-13-32-25(33-14-18)17-8-9-19(20(31)12-17)22-16-35-26(37-22)23-6-4-10-38(23)28(40)41/h8-9,12-16,23-24H,4-7,10-11H2,1-3H3,(H,34,36)(H,35,37)(H,40,41)/t23-,24-/m0/s1. The first-order chi connectivity index (χ1) is 20.6. The zero-order valence-corrected chi connectivity index (χ0v) is 24.2. The van der Waals surface area contributed by atoms with Gasteiger partial charge in [0.1, 0.15) is 23.1 Å². The van der Waals surface area contributed by atoms with Crippen LogP contribution in [-0.4, -0.2) is 75.7 Å². The van der Waals surface area contributed by atoms with E-state index in [0.717, 1.165) is 19.3 Å². The van der Waals surface area contributed by atoms with Crippen LogP contribution in [0.4, 0.5) is 14.0 Å². The molecule has 224 valence electrons. The topological polar surface area (TPSA) is 153 Å². The number of carbonyl (C=O) groups excluding carboxylic acids is 1. The Morgan fingerprint density at radius 3 is 2.12 bits per heavy atom. The lowest BCUT2D eigenvalue weighted by molar-refractivity contribution is 0.0218. The van der Waals surface area contributed by atoms with Crippen molar-refractivity contribution in [1.29, 1.82) is 0 Å². The van der Waals surface area contributed by atoms with Gasteiger partial charge in [-0.1, -0.05) is 6.07 Å². The Morgan fingerprint density at radius 2 is 1.49 bits per heavy atom. The van der Waals surface area contributed by atoms with Gasteiger partial charge in [-0.25, -0.2) is 33.9 Å². The maximum atomic E-state index is 15.2. The smallest absolute Gasteiger partial charge is 0.410 e. The van der Waals surface area contributed by atoms with E-state index >= 15 is 4.39 Å². The van der Waals surface area contributed by atoms with Gasteiger partial charge < -0.3 is 19.8 Å². The number of H-pyrrole nitrogens is 2. The maximum Gasteiger partial charge on any atom is 0.410 e. The Morgan fingerprint density at radius 1 is 0.884 bits per heavy atom. The Labute approximate surface area is 247 Å². The van der Waals surface area contributed by atoms with Crippen molar-refractivity contribution in [2.45, 2.75) is 64.1 Å². The van der Waals surface area contributed by atoms with Crippen molar-refractivity contribution in [1.82, 2.24) is 39.7 Å². The second-order valence-corrected chi connectivity index (χ2v) is 11.8. The minimum atomic E-state index is -0.992. The summed E-state index contributed by atoms with van der Waals surface area (Å²) in [4.78, 5) is 51.4. The van der Waals surface area contributed by atoms with Crippen LogP contribution in [0.3, 0.4) is 0 Å². The molecule has 0 saturated carbocycles. The Hall–Kier alpha value is -4.81. The zero-order chi connectivity index (χ0) is 30.3. The summed E-state index contributed by atoms with van der Waals surface area (Å²) in [6.45, 7) is 6.59. The number of halogens is 1. The van der Waals surface area contributed by atoms with Gasteiger partial charge in [0.15, 0.2) is 5.82 Å². The average Bonchev–Trinajstić information content (AvgIpc) is 3.78. The highest BCUT2D eigenvalue weighted by atomic mass is 19.1. The molecule has 2 saturated heterocycles. The molecule has 0 spiro atoms. The Bertz CT molecular complexity index is 1640. The third-order valence-electron chi connectivity index (χ3n) is 7.68. The van der Waals surface area contributed by atoms with Crippen LogP contribution in [0.1, 0.15) is 70.2 Å². The van der Waals surface area contributed by atoms with Crippen LogP contribution in [-0.2, 0) is 4.74 Å². The summed E-state index contributed by atoms with van der Waals surface area (Å²) < 4.78 is 20.8. The molecular formula is C30H33FN8O4. The molecule has 0 unspecified atom stereocenters. The first-order valence-corrected chi connectivity index (χ1v) is 14.3. The van der Waals surface area contributed by atoms with Crippen molar-refractivity contribution in [2.75, 3.05) is 13.1 Å². The molecular weight excluding hydrogens is 555 g/mol. The molecule has 2 aliphatic rings. The maximum absolute atomic E-state index is 15.2. The van der Waals surface area contributed by atoms with E-state index in [2.05, 4.69) is 29.9 Å². The van der Waals surface area contributed by atoms with Crippen molar-refractivity contribution in [3.05, 3.63) is 60.5 Å². The summed E-state index contributed by atoms with van der Waals surface area (Å²) in [5.41, 5.74) is 2.12. The summed E-state index contributed by atoms with van der Waals surface area (Å²) in [7, 11) is 0. The molecule has 0 bridgehead atoms. The lowest BCUT2D eigenvalue weighted by Gasteiger charge is -2.27. The van der Waals surface area contributed by atoms with Crippen molar-refractivity contribution < 1.29 is 23.8 Å². The van der Waals surface area contributed by atoms with E-state index in [-0.39, 0.29) is 18.2 Å². The van der Waals surface area contributed by atoms with Crippen molar-refractivity contribution >= 4 is 12.2 Å². The highest BCUT2D eigenvalue weighted by Gasteiger charge is 2.35. The Balaban J connectivity index is 1.15. The van der Waals surface area contributed by atoms with Gasteiger partial charge in [-0.15, -0.1) is 0 Å². The number of ether oxygens (including phenoxy) is 1. The van der Waals surface area contributed by atoms with E-state index in [0.29, 0.717) is 65.1 Å². The van der Waals surface area contributed by atoms with E-state index in [1.54, 1.807) is 35.6 Å². The van der Waals surface area contributed by atoms with E-state index in [9.17, 15) is 14.7 Å². The number of nitrogens with zero attached hydrogens (tertiary/aromatic N) is 6. The minimum Gasteiger partial charge on any atom is -0.465 e. The molecule has 12 nitrogen and oxygen atoms in total. The fourth-order valence-electron chi connectivity index (χ4n) is 5.65. The summed E-state index contributed by atoms with van der Waals surface area (Å²) in [6, 6.07) is 4.15. The first-order valence-electron chi connectivity index (χ1n) is 14.3. The molecule has 2 aliphatic heterocycles. The third-order valence-corrected chi connectivity index (χ3v) is 7.68. The summed E-state index contributed by atoms with van der Waals surface area (Å²) in [5, 5.41) is 9.43. The highest BCUT2D eigenvalue weighted by molar-refractivity contribution is 5.70. The number of hydrogen-bond acceptors (Lipinski definition) is 7. The number of rotatable bonds is 5. The molecule has 0 radical (unpaired) electrons. The van der Waals surface area contributed by atoms with Crippen LogP contribution in [0.25, 0.3) is 33.9 Å². The molecule has 0 aliphatic carbocycles.